The van der Waals surface area contributed by atoms with Gasteiger partial charge in [0.2, 0.25) is 0 Å². The predicted molar refractivity (Wildman–Crippen MR) is 129 cm³/mol. The number of thiazole rings is 1. The average Bonchev–Trinajstić information content (AvgIpc) is 3.23. The number of anilines is 1. The molecule has 4 aromatic rings. The zero-order chi connectivity index (χ0) is 22.9. The lowest BCUT2D eigenvalue weighted by atomic mass is 10.2. The van der Waals surface area contributed by atoms with Gasteiger partial charge in [0.15, 0.2) is 0 Å². The smallest absolute Gasteiger partial charge is 0.261 e. The Morgan fingerprint density at radius 1 is 1.03 bits per heavy atom. The Hall–Kier alpha value is -3.23. The van der Waals surface area contributed by atoms with Crippen molar-refractivity contribution in [3.05, 3.63) is 88.9 Å². The van der Waals surface area contributed by atoms with Gasteiger partial charge < -0.3 is 4.90 Å². The fraction of sp³-hybridized carbons (Fsp3) is 0.167. The first-order valence-electron chi connectivity index (χ1n) is 10.1. The van der Waals surface area contributed by atoms with Crippen molar-refractivity contribution in [1.82, 2.24) is 9.88 Å². The molecule has 0 saturated carbocycles. The van der Waals surface area contributed by atoms with Gasteiger partial charge in [-0.25, -0.2) is 13.4 Å². The molecule has 4 rings (SSSR count). The standard InChI is InChI=1S/C24H23N3O3S2/c1-16-11-13-19(14-12-16)26-32(29,30)20-8-6-7-18(15-20)24(28)27(3)17(2)23-25-21-9-4-5-10-22(21)31-23/h4-15,17,26H,1-3H3/t17-/m0/s1. The van der Waals surface area contributed by atoms with Crippen molar-refractivity contribution in [3.63, 3.8) is 0 Å². The first-order chi connectivity index (χ1) is 15.2. The third-order valence-corrected chi connectivity index (χ3v) is 7.85. The number of amides is 1. The van der Waals surface area contributed by atoms with Gasteiger partial charge in [-0.15, -0.1) is 11.3 Å². The summed E-state index contributed by atoms with van der Waals surface area (Å²) in [7, 11) is -2.13. The maximum atomic E-state index is 13.1. The molecule has 0 radical (unpaired) electrons. The number of hydrogen-bond donors (Lipinski definition) is 1. The molecular weight excluding hydrogens is 442 g/mol. The Labute approximate surface area is 191 Å². The normalized spacial score (nSPS) is 12.5. The van der Waals surface area contributed by atoms with Gasteiger partial charge in [-0.3, -0.25) is 9.52 Å². The minimum atomic E-state index is -3.83. The van der Waals surface area contributed by atoms with Crippen LogP contribution in [0, 0.1) is 6.92 Å². The molecule has 0 bridgehead atoms. The van der Waals surface area contributed by atoms with E-state index in [1.807, 2.05) is 50.2 Å². The molecule has 1 amide bonds. The van der Waals surface area contributed by atoms with Crippen LogP contribution in [0.5, 0.6) is 0 Å². The number of aryl methyl sites for hydroxylation is 1. The second-order valence-electron chi connectivity index (χ2n) is 7.61. The molecule has 1 aromatic heterocycles. The summed E-state index contributed by atoms with van der Waals surface area (Å²) in [5.41, 5.74) is 2.70. The van der Waals surface area contributed by atoms with Crippen LogP contribution < -0.4 is 4.72 Å². The third kappa shape index (κ3) is 4.51. The highest BCUT2D eigenvalue weighted by atomic mass is 32.2. The van der Waals surface area contributed by atoms with Crippen molar-refractivity contribution in [1.29, 1.82) is 0 Å². The molecule has 0 unspecified atom stereocenters. The molecule has 32 heavy (non-hydrogen) atoms. The third-order valence-electron chi connectivity index (χ3n) is 5.26. The maximum absolute atomic E-state index is 13.1. The Balaban J connectivity index is 1.56. The van der Waals surface area contributed by atoms with Crippen LogP contribution in [-0.4, -0.2) is 31.3 Å². The van der Waals surface area contributed by atoms with E-state index in [9.17, 15) is 13.2 Å². The highest BCUT2D eigenvalue weighted by molar-refractivity contribution is 7.92. The molecule has 164 valence electrons. The summed E-state index contributed by atoms with van der Waals surface area (Å²) < 4.78 is 29.3. The summed E-state index contributed by atoms with van der Waals surface area (Å²) in [6.45, 7) is 3.84. The summed E-state index contributed by atoms with van der Waals surface area (Å²) in [6, 6.07) is 20.7. The summed E-state index contributed by atoms with van der Waals surface area (Å²) >= 11 is 1.55. The Morgan fingerprint density at radius 2 is 1.75 bits per heavy atom. The lowest BCUT2D eigenvalue weighted by molar-refractivity contribution is 0.0742. The van der Waals surface area contributed by atoms with Crippen LogP contribution in [-0.2, 0) is 10.0 Å². The van der Waals surface area contributed by atoms with Crippen LogP contribution in [0.2, 0.25) is 0 Å². The lowest BCUT2D eigenvalue weighted by Crippen LogP contribution is -2.29. The molecule has 8 heteroatoms. The largest absolute Gasteiger partial charge is 0.333 e. The first kappa shape index (κ1) is 22.0. The van der Waals surface area contributed by atoms with E-state index in [1.165, 1.54) is 12.1 Å². The van der Waals surface area contributed by atoms with Crippen LogP contribution >= 0.6 is 11.3 Å². The van der Waals surface area contributed by atoms with Crippen molar-refractivity contribution in [3.8, 4) is 0 Å². The second kappa shape index (κ2) is 8.72. The summed E-state index contributed by atoms with van der Waals surface area (Å²) in [6.07, 6.45) is 0. The van der Waals surface area contributed by atoms with Gasteiger partial charge in [0, 0.05) is 18.3 Å². The summed E-state index contributed by atoms with van der Waals surface area (Å²) in [4.78, 5) is 19.4. The zero-order valence-corrected chi connectivity index (χ0v) is 19.6. The molecule has 0 aliphatic heterocycles. The molecule has 1 N–H and O–H groups in total. The van der Waals surface area contributed by atoms with E-state index in [0.717, 1.165) is 20.8 Å². The van der Waals surface area contributed by atoms with E-state index in [1.54, 1.807) is 47.5 Å². The monoisotopic (exact) mass is 465 g/mol. The zero-order valence-electron chi connectivity index (χ0n) is 17.9. The van der Waals surface area contributed by atoms with Gasteiger partial charge in [0.25, 0.3) is 15.9 Å². The van der Waals surface area contributed by atoms with E-state index in [2.05, 4.69) is 9.71 Å². The maximum Gasteiger partial charge on any atom is 0.261 e. The minimum Gasteiger partial charge on any atom is -0.333 e. The molecule has 1 heterocycles. The van der Waals surface area contributed by atoms with Crippen LogP contribution in [0.25, 0.3) is 10.2 Å². The summed E-state index contributed by atoms with van der Waals surface area (Å²) in [5, 5.41) is 0.826. The Morgan fingerprint density at radius 3 is 2.47 bits per heavy atom. The van der Waals surface area contributed by atoms with Crippen molar-refractivity contribution in [2.75, 3.05) is 11.8 Å². The van der Waals surface area contributed by atoms with Crippen LogP contribution in [0.4, 0.5) is 5.69 Å². The molecule has 0 fully saturated rings. The van der Waals surface area contributed by atoms with E-state index in [0.29, 0.717) is 11.3 Å². The van der Waals surface area contributed by atoms with Crippen LogP contribution in [0.15, 0.2) is 77.7 Å². The Kier molecular flexibility index (Phi) is 5.99. The minimum absolute atomic E-state index is 0.0324. The number of para-hydroxylation sites is 1. The number of rotatable bonds is 6. The van der Waals surface area contributed by atoms with Crippen molar-refractivity contribution in [2.45, 2.75) is 24.8 Å². The van der Waals surface area contributed by atoms with Gasteiger partial charge in [-0.05, 0) is 56.3 Å². The van der Waals surface area contributed by atoms with Crippen LogP contribution in [0.3, 0.4) is 0 Å². The Bertz CT molecular complexity index is 1350. The average molecular weight is 466 g/mol. The molecule has 0 aliphatic rings. The quantitative estimate of drug-likeness (QED) is 0.422. The molecule has 0 spiro atoms. The molecule has 3 aromatic carbocycles. The number of hydrogen-bond acceptors (Lipinski definition) is 5. The lowest BCUT2D eigenvalue weighted by Gasteiger charge is -2.23. The van der Waals surface area contributed by atoms with Gasteiger partial charge in [-0.1, -0.05) is 35.9 Å². The number of aromatic nitrogens is 1. The predicted octanol–water partition coefficient (Wildman–Crippen LogP) is 5.24. The van der Waals surface area contributed by atoms with Crippen molar-refractivity contribution < 1.29 is 13.2 Å². The number of carbonyl (C=O) groups is 1. The molecule has 0 saturated heterocycles. The van der Waals surface area contributed by atoms with E-state index in [4.69, 9.17) is 0 Å². The van der Waals surface area contributed by atoms with E-state index in [-0.39, 0.29) is 16.8 Å². The van der Waals surface area contributed by atoms with Gasteiger partial charge >= 0.3 is 0 Å². The fourth-order valence-corrected chi connectivity index (χ4v) is 5.41. The van der Waals surface area contributed by atoms with Crippen LogP contribution in [0.1, 0.15) is 33.9 Å². The first-order valence-corrected chi connectivity index (χ1v) is 12.4. The topological polar surface area (TPSA) is 79.4 Å². The highest BCUT2D eigenvalue weighted by Crippen LogP contribution is 2.29. The van der Waals surface area contributed by atoms with E-state index < -0.39 is 10.0 Å². The van der Waals surface area contributed by atoms with Gasteiger partial charge in [0.1, 0.15) is 5.01 Å². The van der Waals surface area contributed by atoms with Gasteiger partial charge in [-0.2, -0.15) is 0 Å². The molecule has 0 aliphatic carbocycles. The second-order valence-corrected chi connectivity index (χ2v) is 10.4. The number of nitrogens with zero attached hydrogens (tertiary/aromatic N) is 2. The van der Waals surface area contributed by atoms with Crippen molar-refractivity contribution >= 4 is 43.2 Å². The number of carbonyl (C=O) groups excluding carboxylic acids is 1. The molecule has 6 nitrogen and oxygen atoms in total. The van der Waals surface area contributed by atoms with Crippen molar-refractivity contribution in [2.24, 2.45) is 0 Å². The number of sulfonamides is 1. The van der Waals surface area contributed by atoms with E-state index >= 15 is 0 Å². The number of nitrogens with one attached hydrogen (secondary N) is 1. The van der Waals surface area contributed by atoms with Gasteiger partial charge in [0.05, 0.1) is 21.2 Å². The number of benzene rings is 3. The summed E-state index contributed by atoms with van der Waals surface area (Å²) in [5.74, 6) is -0.274. The molecule has 1 atom stereocenters. The fourth-order valence-electron chi connectivity index (χ4n) is 3.25. The highest BCUT2D eigenvalue weighted by Gasteiger charge is 2.23. The molecular formula is C24H23N3O3S2. The SMILES string of the molecule is Cc1ccc(NS(=O)(=O)c2cccc(C(=O)N(C)[C@@H](C)c3nc4ccccc4s3)c2)cc1. The number of fused-ring (bicyclic) bond motifs is 1.